The topological polar surface area (TPSA) is 66.8 Å². The fourth-order valence-corrected chi connectivity index (χ4v) is 4.16. The Morgan fingerprint density at radius 2 is 1.82 bits per heavy atom. The molecule has 4 aliphatic carbocycles. The van der Waals surface area contributed by atoms with Crippen molar-refractivity contribution in [3.05, 3.63) is 12.7 Å². The molecule has 0 heterocycles. The van der Waals surface area contributed by atoms with Crippen LogP contribution in [0.25, 0.3) is 0 Å². The monoisotopic (exact) mass is 238 g/mol. The smallest absolute Gasteiger partial charge is 0.330 e. The van der Waals surface area contributed by atoms with Crippen molar-refractivity contribution in [1.29, 1.82) is 0 Å². The average molecular weight is 238 g/mol. The maximum Gasteiger partial charge on any atom is 0.330 e. The highest BCUT2D eigenvalue weighted by Crippen LogP contribution is 2.54. The van der Waals surface area contributed by atoms with Crippen molar-refractivity contribution in [2.75, 3.05) is 0 Å². The first-order valence-corrected chi connectivity index (χ1v) is 6.31. The lowest BCUT2D eigenvalue weighted by atomic mass is 9.52. The van der Waals surface area contributed by atoms with Crippen molar-refractivity contribution in [1.82, 2.24) is 0 Å². The number of carbonyl (C=O) groups excluding carboxylic acids is 1. The van der Waals surface area contributed by atoms with Crippen LogP contribution in [0.2, 0.25) is 0 Å². The second-order valence-corrected chi connectivity index (χ2v) is 5.64. The van der Waals surface area contributed by atoms with Gasteiger partial charge in [-0.3, -0.25) is 0 Å². The lowest BCUT2D eigenvalue weighted by Crippen LogP contribution is -2.62. The molecule has 4 heteroatoms. The van der Waals surface area contributed by atoms with E-state index in [0.717, 1.165) is 19.3 Å². The molecule has 0 aromatic heterocycles. The predicted molar refractivity (Wildman–Crippen MR) is 59.9 cm³/mol. The van der Waals surface area contributed by atoms with Crippen LogP contribution in [-0.2, 0) is 9.53 Å². The summed E-state index contributed by atoms with van der Waals surface area (Å²) in [5, 5.41) is 20.2. The number of aliphatic hydroxyl groups excluding tert-OH is 2. The molecule has 7 atom stereocenters. The van der Waals surface area contributed by atoms with E-state index in [1.54, 1.807) is 0 Å². The van der Waals surface area contributed by atoms with E-state index in [9.17, 15) is 15.0 Å². The molecule has 4 fully saturated rings. The third-order valence-electron chi connectivity index (χ3n) is 4.86. The molecule has 4 aliphatic rings. The summed E-state index contributed by atoms with van der Waals surface area (Å²) in [6.07, 6.45) is 2.54. The van der Waals surface area contributed by atoms with Crippen molar-refractivity contribution in [3.8, 4) is 0 Å². The number of ether oxygens (including phenoxy) is 1. The van der Waals surface area contributed by atoms with Gasteiger partial charge in [0.05, 0.1) is 12.2 Å². The van der Waals surface area contributed by atoms with Crippen LogP contribution in [0.5, 0.6) is 0 Å². The van der Waals surface area contributed by atoms with E-state index in [4.69, 9.17) is 4.74 Å². The number of hydrogen-bond acceptors (Lipinski definition) is 4. The van der Waals surface area contributed by atoms with Crippen LogP contribution < -0.4 is 0 Å². The zero-order valence-electron chi connectivity index (χ0n) is 9.66. The lowest BCUT2D eigenvalue weighted by molar-refractivity contribution is -0.217. The van der Waals surface area contributed by atoms with Crippen molar-refractivity contribution in [3.63, 3.8) is 0 Å². The van der Waals surface area contributed by atoms with Crippen molar-refractivity contribution < 1.29 is 19.7 Å². The first-order valence-electron chi connectivity index (χ1n) is 6.31. The van der Waals surface area contributed by atoms with E-state index in [1.165, 1.54) is 6.08 Å². The Bertz CT molecular complexity index is 353. The third-order valence-corrected chi connectivity index (χ3v) is 4.86. The highest BCUT2D eigenvalue weighted by molar-refractivity contribution is 5.81. The van der Waals surface area contributed by atoms with Gasteiger partial charge in [-0.2, -0.15) is 0 Å². The predicted octanol–water partition coefficient (Wildman–Crippen LogP) is 0.482. The number of hydrogen-bond donors (Lipinski definition) is 2. The van der Waals surface area contributed by atoms with Gasteiger partial charge in [0.15, 0.2) is 0 Å². The number of esters is 1. The van der Waals surface area contributed by atoms with Gasteiger partial charge in [-0.25, -0.2) is 4.79 Å². The SMILES string of the molecule is C=CC(=O)OC1C2CC3CC1C(O)C(C2)C3O. The molecule has 0 saturated heterocycles. The van der Waals surface area contributed by atoms with Crippen LogP contribution in [0, 0.1) is 23.7 Å². The number of carbonyl (C=O) groups is 1. The lowest BCUT2D eigenvalue weighted by Gasteiger charge is -2.57. The van der Waals surface area contributed by atoms with Gasteiger partial charge in [-0.15, -0.1) is 0 Å². The minimum Gasteiger partial charge on any atom is -0.459 e. The van der Waals surface area contributed by atoms with E-state index in [0.29, 0.717) is 5.92 Å². The van der Waals surface area contributed by atoms with Gasteiger partial charge in [0.2, 0.25) is 0 Å². The van der Waals surface area contributed by atoms with Crippen LogP contribution in [0.1, 0.15) is 19.3 Å². The molecule has 4 bridgehead atoms. The van der Waals surface area contributed by atoms with Crippen LogP contribution in [0.15, 0.2) is 12.7 Å². The van der Waals surface area contributed by atoms with Gasteiger partial charge < -0.3 is 14.9 Å². The molecule has 4 nitrogen and oxygen atoms in total. The molecule has 0 radical (unpaired) electrons. The van der Waals surface area contributed by atoms with Crippen LogP contribution in [0.4, 0.5) is 0 Å². The quantitative estimate of drug-likeness (QED) is 0.542. The Hall–Kier alpha value is -0.870. The van der Waals surface area contributed by atoms with Crippen LogP contribution in [0.3, 0.4) is 0 Å². The Balaban J connectivity index is 1.81. The van der Waals surface area contributed by atoms with Gasteiger partial charge in [-0.05, 0) is 31.1 Å². The first-order chi connectivity index (χ1) is 8.11. The number of aliphatic hydroxyl groups is 2. The standard InChI is InChI=1S/C13H18O4/c1-2-10(14)17-13-7-3-6-4-9(13)12(16)8(5-7)11(6)15/h2,6-9,11-13,15-16H,1,3-5H2. The number of rotatable bonds is 2. The summed E-state index contributed by atoms with van der Waals surface area (Å²) < 4.78 is 5.38. The van der Waals surface area contributed by atoms with Crippen molar-refractivity contribution >= 4 is 5.97 Å². The molecule has 17 heavy (non-hydrogen) atoms. The van der Waals surface area contributed by atoms with Crippen molar-refractivity contribution in [2.45, 2.75) is 37.6 Å². The van der Waals surface area contributed by atoms with Gasteiger partial charge in [0, 0.05) is 17.9 Å². The maximum atomic E-state index is 11.3. The third kappa shape index (κ3) is 1.54. The molecule has 4 saturated carbocycles. The van der Waals surface area contributed by atoms with Gasteiger partial charge in [0.1, 0.15) is 6.10 Å². The highest BCUT2D eigenvalue weighted by atomic mass is 16.5. The van der Waals surface area contributed by atoms with E-state index in [2.05, 4.69) is 6.58 Å². The first kappa shape index (κ1) is 11.2. The fraction of sp³-hybridized carbons (Fsp3) is 0.769. The Labute approximate surface area is 100 Å². The average Bonchev–Trinajstić information content (AvgIpc) is 2.32. The zero-order chi connectivity index (χ0) is 12.2. The molecule has 0 aliphatic heterocycles. The summed E-state index contributed by atoms with van der Waals surface area (Å²) >= 11 is 0. The summed E-state index contributed by atoms with van der Waals surface area (Å²) in [6.45, 7) is 3.40. The summed E-state index contributed by atoms with van der Waals surface area (Å²) in [5.74, 6) is 0.168. The molecule has 0 amide bonds. The summed E-state index contributed by atoms with van der Waals surface area (Å²) in [6, 6.07) is 0. The zero-order valence-corrected chi connectivity index (χ0v) is 9.66. The molecule has 2 N–H and O–H groups in total. The van der Waals surface area contributed by atoms with Crippen LogP contribution in [-0.4, -0.2) is 34.5 Å². The molecule has 4 rings (SSSR count). The molecular weight excluding hydrogens is 220 g/mol. The van der Waals surface area contributed by atoms with Crippen LogP contribution >= 0.6 is 0 Å². The molecular formula is C13H18O4. The molecule has 94 valence electrons. The van der Waals surface area contributed by atoms with Crippen molar-refractivity contribution in [2.24, 2.45) is 23.7 Å². The Morgan fingerprint density at radius 3 is 2.53 bits per heavy atom. The summed E-state index contributed by atoms with van der Waals surface area (Å²) in [7, 11) is 0. The summed E-state index contributed by atoms with van der Waals surface area (Å²) in [5.41, 5.74) is 0. The van der Waals surface area contributed by atoms with E-state index in [-0.39, 0.29) is 30.0 Å². The van der Waals surface area contributed by atoms with Gasteiger partial charge >= 0.3 is 5.97 Å². The molecule has 0 aromatic rings. The second-order valence-electron chi connectivity index (χ2n) is 5.64. The Morgan fingerprint density at radius 1 is 1.12 bits per heavy atom. The second kappa shape index (κ2) is 3.82. The molecule has 7 unspecified atom stereocenters. The normalized spacial score (nSPS) is 51.3. The van der Waals surface area contributed by atoms with E-state index < -0.39 is 12.1 Å². The van der Waals surface area contributed by atoms with E-state index in [1.807, 2.05) is 0 Å². The highest BCUT2D eigenvalue weighted by Gasteiger charge is 2.58. The van der Waals surface area contributed by atoms with Gasteiger partial charge in [-0.1, -0.05) is 6.58 Å². The molecule has 0 spiro atoms. The minimum absolute atomic E-state index is 0.00444. The van der Waals surface area contributed by atoms with Gasteiger partial charge in [0.25, 0.3) is 0 Å². The Kier molecular flexibility index (Phi) is 2.52. The fourth-order valence-electron chi connectivity index (χ4n) is 4.16. The summed E-state index contributed by atoms with van der Waals surface area (Å²) in [4.78, 5) is 11.3. The van der Waals surface area contributed by atoms with E-state index >= 15 is 0 Å². The molecule has 0 aromatic carbocycles. The minimum atomic E-state index is -0.527. The largest absolute Gasteiger partial charge is 0.459 e. The maximum absolute atomic E-state index is 11.3.